The van der Waals surface area contributed by atoms with Crippen molar-refractivity contribution in [3.8, 4) is 11.5 Å². The van der Waals surface area contributed by atoms with Crippen LogP contribution >= 0.6 is 0 Å². The highest BCUT2D eigenvalue weighted by molar-refractivity contribution is 5.98. The van der Waals surface area contributed by atoms with Gasteiger partial charge in [0.05, 0.1) is 0 Å². The molecule has 1 aromatic heterocycles. The highest BCUT2D eigenvalue weighted by atomic mass is 16.3. The summed E-state index contributed by atoms with van der Waals surface area (Å²) in [5, 5.41) is 0. The summed E-state index contributed by atoms with van der Waals surface area (Å²) in [6.45, 7) is 3.89. The standard InChI is InChI=1S/C17H15NO2/c1-3-15(19)12-7-8-16-14(10-12)18-17(20-16)13-6-4-5-11(2)9-13/h4-10H,3H2,1-2H3. The van der Waals surface area contributed by atoms with Crippen LogP contribution in [0.2, 0.25) is 0 Å². The Kier molecular flexibility index (Phi) is 3.11. The molecular weight excluding hydrogens is 250 g/mol. The van der Waals surface area contributed by atoms with Crippen LogP contribution in [0.25, 0.3) is 22.6 Å². The van der Waals surface area contributed by atoms with Crippen molar-refractivity contribution in [1.82, 2.24) is 4.98 Å². The maximum atomic E-state index is 11.7. The van der Waals surface area contributed by atoms with Crippen molar-refractivity contribution in [3.05, 3.63) is 53.6 Å². The summed E-state index contributed by atoms with van der Waals surface area (Å²) < 4.78 is 5.76. The Hall–Kier alpha value is -2.42. The molecule has 1 heterocycles. The number of oxazole rings is 1. The molecule has 0 fully saturated rings. The van der Waals surface area contributed by atoms with Gasteiger partial charge < -0.3 is 4.42 Å². The molecule has 0 saturated heterocycles. The lowest BCUT2D eigenvalue weighted by molar-refractivity contribution is 0.0988. The summed E-state index contributed by atoms with van der Waals surface area (Å²) in [6, 6.07) is 13.4. The third-order valence-electron chi connectivity index (χ3n) is 3.30. The van der Waals surface area contributed by atoms with E-state index in [4.69, 9.17) is 4.42 Å². The van der Waals surface area contributed by atoms with Crippen LogP contribution in [0.3, 0.4) is 0 Å². The van der Waals surface area contributed by atoms with Crippen LogP contribution in [0.1, 0.15) is 29.3 Å². The van der Waals surface area contributed by atoms with E-state index in [1.807, 2.05) is 44.2 Å². The van der Waals surface area contributed by atoms with Gasteiger partial charge >= 0.3 is 0 Å². The van der Waals surface area contributed by atoms with E-state index in [9.17, 15) is 4.79 Å². The molecule has 0 aliphatic carbocycles. The van der Waals surface area contributed by atoms with Crippen LogP contribution in [0.5, 0.6) is 0 Å². The molecule has 0 saturated carbocycles. The Bertz CT molecular complexity index is 787. The van der Waals surface area contributed by atoms with Crippen LogP contribution in [-0.2, 0) is 0 Å². The Morgan fingerprint density at radius 3 is 2.80 bits per heavy atom. The number of Topliss-reactive ketones (excluding diaryl/α,β-unsaturated/α-hetero) is 1. The molecule has 0 aliphatic heterocycles. The number of aryl methyl sites for hydroxylation is 1. The fourth-order valence-corrected chi connectivity index (χ4v) is 2.21. The third-order valence-corrected chi connectivity index (χ3v) is 3.30. The molecule has 20 heavy (non-hydrogen) atoms. The minimum Gasteiger partial charge on any atom is -0.436 e. The molecule has 0 amide bonds. The van der Waals surface area contributed by atoms with Crippen molar-refractivity contribution in [2.45, 2.75) is 20.3 Å². The summed E-state index contributed by atoms with van der Waals surface area (Å²) >= 11 is 0. The smallest absolute Gasteiger partial charge is 0.227 e. The van der Waals surface area contributed by atoms with E-state index in [1.165, 1.54) is 0 Å². The number of ketones is 1. The van der Waals surface area contributed by atoms with E-state index < -0.39 is 0 Å². The number of benzene rings is 2. The zero-order valence-electron chi connectivity index (χ0n) is 11.5. The van der Waals surface area contributed by atoms with Crippen molar-refractivity contribution in [2.24, 2.45) is 0 Å². The molecule has 0 N–H and O–H groups in total. The van der Waals surface area contributed by atoms with Gasteiger partial charge in [-0.1, -0.05) is 24.6 Å². The molecule has 3 rings (SSSR count). The lowest BCUT2D eigenvalue weighted by Gasteiger charge is -1.95. The molecule has 0 unspecified atom stereocenters. The first-order valence-electron chi connectivity index (χ1n) is 6.68. The van der Waals surface area contributed by atoms with E-state index in [0.717, 1.165) is 16.6 Å². The zero-order chi connectivity index (χ0) is 14.1. The van der Waals surface area contributed by atoms with Gasteiger partial charge in [0.2, 0.25) is 5.89 Å². The molecule has 2 aromatic carbocycles. The molecule has 100 valence electrons. The number of carbonyl (C=O) groups excluding carboxylic acids is 1. The Morgan fingerprint density at radius 2 is 2.05 bits per heavy atom. The SMILES string of the molecule is CCC(=O)c1ccc2oc(-c3cccc(C)c3)nc2c1. The number of nitrogens with zero attached hydrogens (tertiary/aromatic N) is 1. The summed E-state index contributed by atoms with van der Waals surface area (Å²) in [4.78, 5) is 16.2. The normalized spacial score (nSPS) is 10.9. The van der Waals surface area contributed by atoms with E-state index in [1.54, 1.807) is 12.1 Å². The summed E-state index contributed by atoms with van der Waals surface area (Å²) in [6.07, 6.45) is 0.494. The maximum absolute atomic E-state index is 11.7. The molecular formula is C17H15NO2. The van der Waals surface area contributed by atoms with Crippen molar-refractivity contribution in [1.29, 1.82) is 0 Å². The van der Waals surface area contributed by atoms with Gasteiger partial charge in [-0.05, 0) is 37.3 Å². The molecule has 0 bridgehead atoms. The van der Waals surface area contributed by atoms with Gasteiger partial charge in [0, 0.05) is 17.5 Å². The first-order valence-corrected chi connectivity index (χ1v) is 6.68. The van der Waals surface area contributed by atoms with Gasteiger partial charge in [-0.2, -0.15) is 0 Å². The van der Waals surface area contributed by atoms with Crippen LogP contribution < -0.4 is 0 Å². The fraction of sp³-hybridized carbons (Fsp3) is 0.176. The van der Waals surface area contributed by atoms with Crippen molar-refractivity contribution in [2.75, 3.05) is 0 Å². The third kappa shape index (κ3) is 2.23. The summed E-state index contributed by atoms with van der Waals surface area (Å²) in [7, 11) is 0. The van der Waals surface area contributed by atoms with Crippen molar-refractivity contribution in [3.63, 3.8) is 0 Å². The van der Waals surface area contributed by atoms with E-state index in [-0.39, 0.29) is 5.78 Å². The molecule has 0 aliphatic rings. The van der Waals surface area contributed by atoms with Gasteiger partial charge in [0.1, 0.15) is 5.52 Å². The van der Waals surface area contributed by atoms with Crippen LogP contribution in [0.4, 0.5) is 0 Å². The minimum absolute atomic E-state index is 0.118. The fourth-order valence-electron chi connectivity index (χ4n) is 2.21. The van der Waals surface area contributed by atoms with Gasteiger partial charge in [-0.25, -0.2) is 4.98 Å². The summed E-state index contributed by atoms with van der Waals surface area (Å²) in [5.41, 5.74) is 4.22. The largest absolute Gasteiger partial charge is 0.436 e. The zero-order valence-corrected chi connectivity index (χ0v) is 11.5. The topological polar surface area (TPSA) is 43.1 Å². The molecule has 3 heteroatoms. The molecule has 0 radical (unpaired) electrons. The Balaban J connectivity index is 2.09. The highest BCUT2D eigenvalue weighted by Crippen LogP contribution is 2.25. The van der Waals surface area contributed by atoms with Crippen molar-refractivity contribution < 1.29 is 9.21 Å². The number of rotatable bonds is 3. The predicted octanol–water partition coefficient (Wildman–Crippen LogP) is 4.40. The lowest BCUT2D eigenvalue weighted by Crippen LogP contribution is -1.95. The molecule has 0 atom stereocenters. The minimum atomic E-state index is 0.118. The van der Waals surface area contributed by atoms with Crippen LogP contribution in [0, 0.1) is 6.92 Å². The average Bonchev–Trinajstić information content (AvgIpc) is 2.89. The van der Waals surface area contributed by atoms with Gasteiger partial charge in [0.25, 0.3) is 0 Å². The summed E-state index contributed by atoms with van der Waals surface area (Å²) in [5.74, 6) is 0.705. The first-order chi connectivity index (χ1) is 9.67. The lowest BCUT2D eigenvalue weighted by atomic mass is 10.1. The van der Waals surface area contributed by atoms with E-state index in [2.05, 4.69) is 4.98 Å². The van der Waals surface area contributed by atoms with Crippen LogP contribution in [0.15, 0.2) is 46.9 Å². The number of hydrogen-bond donors (Lipinski definition) is 0. The number of fused-ring (bicyclic) bond motifs is 1. The monoisotopic (exact) mass is 265 g/mol. The van der Waals surface area contributed by atoms with Crippen LogP contribution in [-0.4, -0.2) is 10.8 Å². The Labute approximate surface area is 117 Å². The number of aromatic nitrogens is 1. The predicted molar refractivity (Wildman–Crippen MR) is 78.8 cm³/mol. The van der Waals surface area contributed by atoms with Gasteiger partial charge in [0.15, 0.2) is 11.4 Å². The second kappa shape index (κ2) is 4.93. The molecule has 0 spiro atoms. The van der Waals surface area contributed by atoms with E-state index >= 15 is 0 Å². The second-order valence-electron chi connectivity index (χ2n) is 4.85. The first kappa shape index (κ1) is 12.6. The second-order valence-corrected chi connectivity index (χ2v) is 4.85. The Morgan fingerprint density at radius 1 is 1.20 bits per heavy atom. The van der Waals surface area contributed by atoms with Gasteiger partial charge in [-0.15, -0.1) is 0 Å². The molecule has 3 aromatic rings. The molecule has 3 nitrogen and oxygen atoms in total. The van der Waals surface area contributed by atoms with Crippen molar-refractivity contribution >= 4 is 16.9 Å². The van der Waals surface area contributed by atoms with Gasteiger partial charge in [-0.3, -0.25) is 4.79 Å². The highest BCUT2D eigenvalue weighted by Gasteiger charge is 2.11. The maximum Gasteiger partial charge on any atom is 0.227 e. The van der Waals surface area contributed by atoms with E-state index in [0.29, 0.717) is 23.5 Å². The number of hydrogen-bond acceptors (Lipinski definition) is 3. The number of carbonyl (C=O) groups is 1. The average molecular weight is 265 g/mol. The quantitative estimate of drug-likeness (QED) is 0.659.